The van der Waals surface area contributed by atoms with Gasteiger partial charge >= 0.3 is 12.4 Å². The molecule has 3 N–H and O–H groups in total. The van der Waals surface area contributed by atoms with E-state index in [1.165, 1.54) is 36.7 Å². The van der Waals surface area contributed by atoms with Gasteiger partial charge in [0.25, 0.3) is 0 Å². The standard InChI is InChI=1S/C15H12ClF3N4.C14H10ClF3N4/c1-20-14-13-11(16)6-21-7-12(13)23(22-14)8-9-2-4-10(5-3-9)15(17,18)19;15-10-5-20-6-11-12(10)13(19)21-22(11)7-8-1-3-9(4-2-8)14(16,17)18/h2-7H,8H2,1H3,(H,20,22);1-6H,7H2,(H2,19,21). The molecular formula is C29H22Cl2F6N8. The molecule has 0 aliphatic rings. The van der Waals surface area contributed by atoms with Gasteiger partial charge in [0.2, 0.25) is 0 Å². The first-order valence-corrected chi connectivity index (χ1v) is 13.8. The van der Waals surface area contributed by atoms with Gasteiger partial charge < -0.3 is 11.1 Å². The molecule has 0 saturated heterocycles. The van der Waals surface area contributed by atoms with Crippen molar-refractivity contribution >= 4 is 56.6 Å². The van der Waals surface area contributed by atoms with Crippen LogP contribution in [0.15, 0.2) is 73.3 Å². The highest BCUT2D eigenvalue weighted by molar-refractivity contribution is 6.36. The van der Waals surface area contributed by atoms with Crippen molar-refractivity contribution in [1.82, 2.24) is 29.5 Å². The lowest BCUT2D eigenvalue weighted by molar-refractivity contribution is -0.138. The molecule has 8 nitrogen and oxygen atoms in total. The number of halogens is 8. The minimum atomic E-state index is -4.35. The predicted molar refractivity (Wildman–Crippen MR) is 160 cm³/mol. The fourth-order valence-corrected chi connectivity index (χ4v) is 5.04. The Labute approximate surface area is 261 Å². The number of rotatable bonds is 5. The van der Waals surface area contributed by atoms with Crippen LogP contribution in [0.5, 0.6) is 0 Å². The summed E-state index contributed by atoms with van der Waals surface area (Å²) in [5.41, 5.74) is 7.16. The number of fused-ring (bicyclic) bond motifs is 2. The SMILES string of the molecule is CNc1nn(Cc2ccc(C(F)(F)F)cc2)c2cncc(Cl)c12.Nc1nn(Cc2ccc(C(F)(F)F)cc2)c2cncc(Cl)c12. The van der Waals surface area contributed by atoms with Crippen molar-refractivity contribution < 1.29 is 26.3 Å². The molecule has 0 radical (unpaired) electrons. The molecule has 0 aliphatic heterocycles. The number of anilines is 2. The quantitative estimate of drug-likeness (QED) is 0.181. The van der Waals surface area contributed by atoms with Crippen LogP contribution in [0.25, 0.3) is 21.8 Å². The molecular weight excluding hydrogens is 645 g/mol. The molecule has 0 bridgehead atoms. The van der Waals surface area contributed by atoms with Crippen LogP contribution in [0.4, 0.5) is 38.0 Å². The third-order valence-corrected chi connectivity index (χ3v) is 7.29. The van der Waals surface area contributed by atoms with E-state index in [4.69, 9.17) is 28.9 Å². The first kappa shape index (κ1) is 31.9. The van der Waals surface area contributed by atoms with Gasteiger partial charge in [-0.1, -0.05) is 47.5 Å². The number of hydrogen-bond acceptors (Lipinski definition) is 6. The minimum absolute atomic E-state index is 0.259. The van der Waals surface area contributed by atoms with Crippen molar-refractivity contribution in [3.8, 4) is 0 Å². The van der Waals surface area contributed by atoms with E-state index in [-0.39, 0.29) is 12.4 Å². The zero-order valence-electron chi connectivity index (χ0n) is 23.1. The highest BCUT2D eigenvalue weighted by atomic mass is 35.5. The van der Waals surface area contributed by atoms with E-state index in [1.807, 2.05) is 0 Å². The van der Waals surface area contributed by atoms with Crippen LogP contribution < -0.4 is 11.1 Å². The Morgan fingerprint density at radius 3 is 1.53 bits per heavy atom. The average molecular weight is 667 g/mol. The van der Waals surface area contributed by atoms with Crippen LogP contribution in [-0.4, -0.2) is 36.6 Å². The van der Waals surface area contributed by atoms with Crippen LogP contribution in [0.1, 0.15) is 22.3 Å². The summed E-state index contributed by atoms with van der Waals surface area (Å²) in [5, 5.41) is 13.7. The smallest absolute Gasteiger partial charge is 0.382 e. The van der Waals surface area contributed by atoms with Gasteiger partial charge in [-0.3, -0.25) is 19.3 Å². The Morgan fingerprint density at radius 1 is 0.667 bits per heavy atom. The number of alkyl halides is 6. The zero-order valence-corrected chi connectivity index (χ0v) is 24.6. The molecule has 0 atom stereocenters. The van der Waals surface area contributed by atoms with Crippen LogP contribution in [0, 0.1) is 0 Å². The number of nitrogen functional groups attached to an aromatic ring is 1. The fourth-order valence-electron chi connectivity index (χ4n) is 4.55. The Balaban J connectivity index is 0.000000178. The van der Waals surface area contributed by atoms with Gasteiger partial charge in [0.1, 0.15) is 0 Å². The average Bonchev–Trinajstić information content (AvgIpc) is 3.51. The van der Waals surface area contributed by atoms with Crippen LogP contribution in [0.3, 0.4) is 0 Å². The summed E-state index contributed by atoms with van der Waals surface area (Å²) in [5.74, 6) is 0.855. The summed E-state index contributed by atoms with van der Waals surface area (Å²) >= 11 is 12.2. The van der Waals surface area contributed by atoms with E-state index < -0.39 is 23.5 Å². The number of nitrogens with two attached hydrogens (primary N) is 1. The first-order chi connectivity index (χ1) is 21.3. The van der Waals surface area contributed by atoms with Crippen molar-refractivity contribution in [3.63, 3.8) is 0 Å². The van der Waals surface area contributed by atoms with Crippen LogP contribution >= 0.6 is 23.2 Å². The fraction of sp³-hybridized carbons (Fsp3) is 0.172. The monoisotopic (exact) mass is 666 g/mol. The van der Waals surface area contributed by atoms with Crippen molar-refractivity contribution in [2.24, 2.45) is 0 Å². The highest BCUT2D eigenvalue weighted by Crippen LogP contribution is 2.32. The Hall–Kier alpha value is -4.56. The maximum absolute atomic E-state index is 12.6. The molecule has 234 valence electrons. The van der Waals surface area contributed by atoms with Gasteiger partial charge in [-0.25, -0.2) is 0 Å². The summed E-state index contributed by atoms with van der Waals surface area (Å²) in [7, 11) is 1.72. The number of nitrogens with zero attached hydrogens (tertiary/aromatic N) is 6. The van der Waals surface area contributed by atoms with Gasteiger partial charge in [-0.05, 0) is 35.4 Å². The van der Waals surface area contributed by atoms with Crippen molar-refractivity contribution in [2.45, 2.75) is 25.4 Å². The molecule has 6 aromatic rings. The molecule has 0 amide bonds. The third-order valence-electron chi connectivity index (χ3n) is 6.72. The maximum atomic E-state index is 12.6. The van der Waals surface area contributed by atoms with Gasteiger partial charge in [0.15, 0.2) is 11.6 Å². The Bertz CT molecular complexity index is 1950. The van der Waals surface area contributed by atoms with Gasteiger partial charge in [0.05, 0.1) is 68.5 Å². The lowest BCUT2D eigenvalue weighted by Gasteiger charge is -2.08. The minimum Gasteiger partial charge on any atom is -0.382 e. The van der Waals surface area contributed by atoms with E-state index in [2.05, 4.69) is 25.5 Å². The molecule has 4 aromatic heterocycles. The summed E-state index contributed by atoms with van der Waals surface area (Å²) in [6.45, 7) is 0.589. The highest BCUT2D eigenvalue weighted by Gasteiger charge is 2.30. The van der Waals surface area contributed by atoms with Crippen molar-refractivity contribution in [2.75, 3.05) is 18.1 Å². The summed E-state index contributed by atoms with van der Waals surface area (Å²) in [6.07, 6.45) is -2.51. The van der Waals surface area contributed by atoms with Gasteiger partial charge in [0, 0.05) is 19.4 Å². The Kier molecular flexibility index (Phi) is 8.81. The molecule has 45 heavy (non-hydrogen) atoms. The normalized spacial score (nSPS) is 11.9. The molecule has 16 heteroatoms. The Morgan fingerprint density at radius 2 is 1.09 bits per heavy atom. The summed E-state index contributed by atoms with van der Waals surface area (Å²) in [4.78, 5) is 8.02. The van der Waals surface area contributed by atoms with Crippen molar-refractivity contribution in [3.05, 3.63) is 106 Å². The molecule has 0 spiro atoms. The number of nitrogens with one attached hydrogen (secondary N) is 1. The molecule has 0 unspecified atom stereocenters. The van der Waals surface area contributed by atoms with E-state index >= 15 is 0 Å². The topological polar surface area (TPSA) is 99.5 Å². The number of hydrogen-bond donors (Lipinski definition) is 2. The molecule has 0 aliphatic carbocycles. The zero-order chi connectivity index (χ0) is 32.5. The summed E-state index contributed by atoms with van der Waals surface area (Å²) in [6, 6.07) is 9.89. The second-order valence-electron chi connectivity index (χ2n) is 9.72. The molecule has 0 fully saturated rings. The largest absolute Gasteiger partial charge is 0.416 e. The van der Waals surface area contributed by atoms with Gasteiger partial charge in [-0.2, -0.15) is 36.5 Å². The molecule has 4 heterocycles. The first-order valence-electron chi connectivity index (χ1n) is 13.0. The van der Waals surface area contributed by atoms with E-state index in [9.17, 15) is 26.3 Å². The second-order valence-corrected chi connectivity index (χ2v) is 10.5. The molecule has 6 rings (SSSR count). The molecule has 2 aromatic carbocycles. The maximum Gasteiger partial charge on any atom is 0.416 e. The molecule has 0 saturated carbocycles. The van der Waals surface area contributed by atoms with E-state index in [0.29, 0.717) is 50.0 Å². The predicted octanol–water partition coefficient (Wildman–Crippen LogP) is 7.93. The summed E-state index contributed by atoms with van der Waals surface area (Å²) < 4.78 is 78.7. The number of benzene rings is 2. The number of pyridine rings is 2. The van der Waals surface area contributed by atoms with Crippen molar-refractivity contribution in [1.29, 1.82) is 0 Å². The van der Waals surface area contributed by atoms with Crippen LogP contribution in [0.2, 0.25) is 10.0 Å². The van der Waals surface area contributed by atoms with E-state index in [0.717, 1.165) is 29.7 Å². The third kappa shape index (κ3) is 6.91. The van der Waals surface area contributed by atoms with E-state index in [1.54, 1.807) is 28.8 Å². The number of aromatic nitrogens is 6. The second kappa shape index (κ2) is 12.4. The lowest BCUT2D eigenvalue weighted by Crippen LogP contribution is -2.06. The lowest BCUT2D eigenvalue weighted by atomic mass is 10.1. The van der Waals surface area contributed by atoms with Gasteiger partial charge in [-0.15, -0.1) is 0 Å². The van der Waals surface area contributed by atoms with Crippen LogP contribution in [-0.2, 0) is 25.4 Å².